The maximum Gasteiger partial charge on any atom is 0.239 e. The lowest BCUT2D eigenvalue weighted by molar-refractivity contribution is -0.374. The Bertz CT molecular complexity index is 2190. The third-order valence-corrected chi connectivity index (χ3v) is 11.7. The van der Waals surface area contributed by atoms with Crippen molar-refractivity contribution in [1.82, 2.24) is 0 Å². The number of aliphatic hydroxyl groups excluding tert-OH is 12. The molecule has 0 saturated carbocycles. The van der Waals surface area contributed by atoms with Crippen molar-refractivity contribution in [2.24, 2.45) is 0 Å². The topological polar surface area (TPSA) is 417 Å². The Hall–Kier alpha value is -4.11. The molecule has 4 fully saturated rings. The first-order valence-electron chi connectivity index (χ1n) is 20.4. The predicted octanol–water partition coefficient (Wildman–Crippen LogP) is -5.74. The second-order valence-electron chi connectivity index (χ2n) is 16.1. The number of hydrogen-bond donors (Lipinski definition) is 15. The Labute approximate surface area is 371 Å². The molecule has 4 aliphatic rings. The Balaban J connectivity index is 1.16. The van der Waals surface area contributed by atoms with Crippen LogP contribution >= 0.6 is 0 Å². The largest absolute Gasteiger partial charge is 0.508 e. The van der Waals surface area contributed by atoms with Gasteiger partial charge in [-0.05, 0) is 25.1 Å². The first-order chi connectivity index (χ1) is 31.2. The average Bonchev–Trinajstić information content (AvgIpc) is 3.29. The standard InChI is InChI=1S/C40H52O26/c1-11-22(45)27(50)32(55)38(60-11)66-36-30(53)25(48)20(9-58-37-31(54)28(51)23(46)18(8-41)62-37)64-40(36)59-10-19-24(47)29(52)33(56)39(63-19)65-35-26(49)21-15(44)6-13(42)7-17(21)61-34(35)12-3-4-14(43)16(5-12)57-2/h3-7,11,18-20,22-25,27-33,36-48,50-56H,8-10H2,1-2H3/t11-,18+,19+,20+,22-,23-,24-,25-,27-,28-,29-,30-,31-,32-,33-,36-,37+,38-,39-,40+/m0/s1. The summed E-state index contributed by atoms with van der Waals surface area (Å²) in [5.74, 6) is -2.81. The van der Waals surface area contributed by atoms with Crippen molar-refractivity contribution in [3.05, 3.63) is 40.6 Å². The fourth-order valence-corrected chi connectivity index (χ4v) is 7.84. The average molecular weight is 949 g/mol. The minimum Gasteiger partial charge on any atom is -0.508 e. The van der Waals surface area contributed by atoms with Gasteiger partial charge in [0.15, 0.2) is 36.1 Å². The van der Waals surface area contributed by atoms with Crippen molar-refractivity contribution >= 4 is 11.0 Å². The van der Waals surface area contributed by atoms with Crippen molar-refractivity contribution in [2.75, 3.05) is 26.9 Å². The molecule has 26 nitrogen and oxygen atoms in total. The van der Waals surface area contributed by atoms with Gasteiger partial charge in [0.05, 0.1) is 33.0 Å². The van der Waals surface area contributed by atoms with Gasteiger partial charge in [0.1, 0.15) is 114 Å². The lowest BCUT2D eigenvalue weighted by atomic mass is 9.97. The van der Waals surface area contributed by atoms with Crippen molar-refractivity contribution < 1.29 is 124 Å². The highest BCUT2D eigenvalue weighted by molar-refractivity contribution is 5.88. The molecule has 2 aromatic carbocycles. The van der Waals surface area contributed by atoms with Crippen LogP contribution in [0.2, 0.25) is 0 Å². The molecule has 4 aliphatic heterocycles. The number of phenols is 3. The molecule has 0 spiro atoms. The summed E-state index contributed by atoms with van der Waals surface area (Å²) < 4.78 is 56.6. The third kappa shape index (κ3) is 9.63. The van der Waals surface area contributed by atoms with Crippen LogP contribution in [0.4, 0.5) is 0 Å². The molecular weight excluding hydrogens is 896 g/mol. The van der Waals surface area contributed by atoms with E-state index in [1.165, 1.54) is 32.2 Å². The predicted molar refractivity (Wildman–Crippen MR) is 210 cm³/mol. The highest BCUT2D eigenvalue weighted by Gasteiger charge is 2.53. The zero-order valence-corrected chi connectivity index (χ0v) is 34.8. The summed E-state index contributed by atoms with van der Waals surface area (Å²) >= 11 is 0. The van der Waals surface area contributed by atoms with Crippen LogP contribution in [0.3, 0.4) is 0 Å². The van der Waals surface area contributed by atoms with Crippen LogP contribution in [0.25, 0.3) is 22.3 Å². The number of aromatic hydroxyl groups is 3. The SMILES string of the molecule is COc1cc(-c2oc3cc(O)cc(O)c3c(=O)c2O[C@@H]2O[C@H](CO[C@@H]3O[C@H](CO[C@@H]4O[C@H](CO)[C@H](O)[C@H](O)[C@@H]4O)[C@H](O)[C@H](O)[C@@H]3O[C@@H]3O[C@@H](C)[C@H](O)[C@H](O)[C@@H]3O)[C@H](O)[C@H](O)[C@@H]2O)ccc1O. The Morgan fingerprint density at radius 3 is 1.80 bits per heavy atom. The number of fused-ring (bicyclic) bond motifs is 1. The van der Waals surface area contributed by atoms with E-state index < -0.39 is 176 Å². The highest BCUT2D eigenvalue weighted by Crippen LogP contribution is 2.40. The number of methoxy groups -OCH3 is 1. The fraction of sp³-hybridized carbons (Fsp3) is 0.625. The summed E-state index contributed by atoms with van der Waals surface area (Å²) in [7, 11) is 1.24. The number of phenolic OH excluding ortho intramolecular Hbond substituents is 3. The summed E-state index contributed by atoms with van der Waals surface area (Å²) in [6, 6.07) is 5.55. The molecule has 368 valence electrons. The quantitative estimate of drug-likeness (QED) is 0.0759. The molecule has 20 atom stereocenters. The van der Waals surface area contributed by atoms with E-state index in [0.717, 1.165) is 12.1 Å². The molecule has 0 radical (unpaired) electrons. The zero-order chi connectivity index (χ0) is 48.0. The van der Waals surface area contributed by atoms with E-state index in [2.05, 4.69) is 0 Å². The summed E-state index contributed by atoms with van der Waals surface area (Å²) in [5.41, 5.74) is -1.40. The Morgan fingerprint density at radius 2 is 1.15 bits per heavy atom. The number of ether oxygens (including phenoxy) is 9. The van der Waals surface area contributed by atoms with Gasteiger partial charge in [-0.2, -0.15) is 0 Å². The van der Waals surface area contributed by atoms with Gasteiger partial charge in [-0.25, -0.2) is 0 Å². The van der Waals surface area contributed by atoms with Crippen LogP contribution in [0.5, 0.6) is 28.7 Å². The minimum atomic E-state index is -2.13. The van der Waals surface area contributed by atoms with E-state index >= 15 is 0 Å². The Morgan fingerprint density at radius 1 is 0.591 bits per heavy atom. The van der Waals surface area contributed by atoms with Gasteiger partial charge < -0.3 is 124 Å². The van der Waals surface area contributed by atoms with Crippen LogP contribution in [-0.2, 0) is 33.2 Å². The molecule has 0 amide bonds. The van der Waals surface area contributed by atoms with Crippen molar-refractivity contribution in [3.63, 3.8) is 0 Å². The van der Waals surface area contributed by atoms with E-state index in [1.54, 1.807) is 0 Å². The summed E-state index contributed by atoms with van der Waals surface area (Å²) in [4.78, 5) is 14.0. The molecule has 7 rings (SSSR count). The molecule has 4 saturated heterocycles. The van der Waals surface area contributed by atoms with Gasteiger partial charge in [-0.3, -0.25) is 4.79 Å². The molecule has 66 heavy (non-hydrogen) atoms. The van der Waals surface area contributed by atoms with E-state index in [4.69, 9.17) is 47.0 Å². The summed E-state index contributed by atoms with van der Waals surface area (Å²) in [5, 5.41) is 158. The summed E-state index contributed by atoms with van der Waals surface area (Å²) in [6.45, 7) is -1.11. The van der Waals surface area contributed by atoms with E-state index in [9.17, 15) is 81.4 Å². The van der Waals surface area contributed by atoms with Gasteiger partial charge in [-0.15, -0.1) is 0 Å². The molecule has 0 bridgehead atoms. The van der Waals surface area contributed by atoms with E-state index in [1.807, 2.05) is 0 Å². The highest BCUT2D eigenvalue weighted by atomic mass is 16.8. The number of rotatable bonds is 13. The molecule has 26 heteroatoms. The maximum atomic E-state index is 14.0. The van der Waals surface area contributed by atoms with Crippen molar-refractivity contribution in [3.8, 4) is 40.1 Å². The zero-order valence-electron chi connectivity index (χ0n) is 34.8. The number of aliphatic hydroxyl groups is 12. The van der Waals surface area contributed by atoms with Crippen LogP contribution in [0, 0.1) is 0 Å². The lowest BCUT2D eigenvalue weighted by Crippen LogP contribution is -2.65. The molecule has 0 unspecified atom stereocenters. The third-order valence-electron chi connectivity index (χ3n) is 11.7. The van der Waals surface area contributed by atoms with Crippen LogP contribution in [0.1, 0.15) is 6.92 Å². The molecule has 3 aromatic rings. The van der Waals surface area contributed by atoms with E-state index in [-0.39, 0.29) is 22.6 Å². The minimum absolute atomic E-state index is 0.0158. The van der Waals surface area contributed by atoms with Gasteiger partial charge in [0, 0.05) is 17.7 Å². The second kappa shape index (κ2) is 20.2. The number of benzene rings is 2. The van der Waals surface area contributed by atoms with Crippen LogP contribution in [0.15, 0.2) is 39.5 Å². The number of hydrogen-bond acceptors (Lipinski definition) is 26. The van der Waals surface area contributed by atoms with Gasteiger partial charge in [0.2, 0.25) is 17.5 Å². The van der Waals surface area contributed by atoms with Crippen molar-refractivity contribution in [1.29, 1.82) is 0 Å². The summed E-state index contributed by atoms with van der Waals surface area (Å²) in [6.07, 6.45) is -36.4. The van der Waals surface area contributed by atoms with Crippen LogP contribution in [-0.4, -0.2) is 226 Å². The first-order valence-corrected chi connectivity index (χ1v) is 20.4. The normalized spacial score (nSPS) is 39.7. The Kier molecular flexibility index (Phi) is 15.3. The molecule has 15 N–H and O–H groups in total. The van der Waals surface area contributed by atoms with E-state index in [0.29, 0.717) is 0 Å². The molecule has 1 aromatic heterocycles. The molecule has 0 aliphatic carbocycles. The fourth-order valence-electron chi connectivity index (χ4n) is 7.84. The lowest BCUT2D eigenvalue weighted by Gasteiger charge is -2.47. The van der Waals surface area contributed by atoms with Gasteiger partial charge in [-0.1, -0.05) is 0 Å². The van der Waals surface area contributed by atoms with Gasteiger partial charge in [0.25, 0.3) is 0 Å². The molecule has 5 heterocycles. The van der Waals surface area contributed by atoms with Crippen molar-refractivity contribution in [2.45, 2.75) is 130 Å². The smallest absolute Gasteiger partial charge is 0.239 e. The van der Waals surface area contributed by atoms with Gasteiger partial charge >= 0.3 is 0 Å². The maximum absolute atomic E-state index is 14.0. The monoisotopic (exact) mass is 948 g/mol. The second-order valence-corrected chi connectivity index (χ2v) is 16.1. The first kappa shape index (κ1) is 49.8. The molecular formula is C40H52O26. The van der Waals surface area contributed by atoms with Crippen LogP contribution < -0.4 is 14.9 Å².